The molecule has 1 aliphatic heterocycles. The monoisotopic (exact) mass is 417 g/mol. The zero-order chi connectivity index (χ0) is 19.1. The summed E-state index contributed by atoms with van der Waals surface area (Å²) in [5.74, 6) is 0.527. The van der Waals surface area contributed by atoms with Gasteiger partial charge in [0, 0.05) is 10.9 Å². The number of primary sulfonamides is 1. The maximum atomic E-state index is 13.1. The maximum absolute atomic E-state index is 13.1. The molecule has 2 heterocycles. The van der Waals surface area contributed by atoms with Crippen molar-refractivity contribution < 1.29 is 21.6 Å². The Morgan fingerprint density at radius 1 is 1.38 bits per heavy atom. The second-order valence-electron chi connectivity index (χ2n) is 5.69. The molecule has 3 N–H and O–H groups in total. The molecule has 1 aromatic carbocycles. The van der Waals surface area contributed by atoms with Crippen LogP contribution in [0.2, 0.25) is 0 Å². The quantitative estimate of drug-likeness (QED) is 0.756. The lowest BCUT2D eigenvalue weighted by Crippen LogP contribution is -2.43. The minimum atomic E-state index is -3.99. The summed E-state index contributed by atoms with van der Waals surface area (Å²) in [6.07, 6.45) is 0. The number of anilines is 1. The summed E-state index contributed by atoms with van der Waals surface area (Å²) in [4.78, 5) is 0.418. The van der Waals surface area contributed by atoms with Crippen molar-refractivity contribution in [2.75, 3.05) is 24.5 Å². The summed E-state index contributed by atoms with van der Waals surface area (Å²) in [6.45, 7) is 2.63. The first kappa shape index (κ1) is 19.1. The van der Waals surface area contributed by atoms with Gasteiger partial charge in [-0.15, -0.1) is 11.3 Å². The number of nitrogens with one attached hydrogen (secondary N) is 1. The number of thiophene rings is 1. The number of benzene rings is 1. The molecule has 0 spiro atoms. The third-order valence-corrected chi connectivity index (χ3v) is 8.64. The van der Waals surface area contributed by atoms with Gasteiger partial charge in [0.1, 0.15) is 14.9 Å². The molecule has 0 radical (unpaired) electrons. The minimum absolute atomic E-state index is 0.0356. The lowest BCUT2D eigenvalue weighted by molar-refractivity contribution is 0.415. The zero-order valence-electron chi connectivity index (χ0n) is 14.2. The third-order valence-electron chi connectivity index (χ3n) is 4.01. The smallest absolute Gasteiger partial charge is 0.265 e. The number of ether oxygens (including phenoxy) is 1. The van der Waals surface area contributed by atoms with E-state index in [4.69, 9.17) is 9.88 Å². The van der Waals surface area contributed by atoms with Gasteiger partial charge in [0.2, 0.25) is 10.0 Å². The van der Waals surface area contributed by atoms with Crippen LogP contribution in [0.3, 0.4) is 0 Å². The van der Waals surface area contributed by atoms with Crippen LogP contribution in [0.15, 0.2) is 39.4 Å². The fourth-order valence-corrected chi connectivity index (χ4v) is 6.93. The predicted octanol–water partition coefficient (Wildman–Crippen LogP) is 1.26. The number of hydrogen-bond donors (Lipinski definition) is 2. The number of methoxy groups -OCH3 is 1. The number of nitrogens with zero attached hydrogens (tertiary/aromatic N) is 1. The van der Waals surface area contributed by atoms with Crippen molar-refractivity contribution in [3.05, 3.63) is 35.2 Å². The van der Waals surface area contributed by atoms with Gasteiger partial charge in [-0.1, -0.05) is 13.0 Å². The van der Waals surface area contributed by atoms with Crippen molar-refractivity contribution in [2.24, 2.45) is 5.14 Å². The number of likely N-dealkylation sites (N-methyl/N-ethyl adjacent to an activating group) is 1. The maximum Gasteiger partial charge on any atom is 0.265 e. The highest BCUT2D eigenvalue weighted by Gasteiger charge is 2.40. The van der Waals surface area contributed by atoms with Gasteiger partial charge in [0.25, 0.3) is 10.0 Å². The summed E-state index contributed by atoms with van der Waals surface area (Å²) < 4.78 is 55.9. The molecule has 2 aromatic rings. The molecular formula is C15H19N3O5S3. The number of sulfonamides is 2. The highest BCUT2D eigenvalue weighted by Crippen LogP contribution is 2.41. The van der Waals surface area contributed by atoms with E-state index in [1.807, 2.05) is 6.92 Å². The Bertz CT molecular complexity index is 1030. The largest absolute Gasteiger partial charge is 0.497 e. The molecule has 11 heteroatoms. The average molecular weight is 418 g/mol. The average Bonchev–Trinajstić information content (AvgIpc) is 3.04. The summed E-state index contributed by atoms with van der Waals surface area (Å²) in [5, 5.41) is 8.41. The van der Waals surface area contributed by atoms with Crippen molar-refractivity contribution >= 4 is 37.1 Å². The highest BCUT2D eigenvalue weighted by atomic mass is 32.2. The van der Waals surface area contributed by atoms with Crippen LogP contribution in [0.1, 0.15) is 17.8 Å². The van der Waals surface area contributed by atoms with Gasteiger partial charge in [-0.2, -0.15) is 0 Å². The second-order valence-corrected chi connectivity index (χ2v) is 10.4. The Kier molecular flexibility index (Phi) is 5.01. The van der Waals surface area contributed by atoms with Crippen LogP contribution in [-0.2, 0) is 20.0 Å². The lowest BCUT2D eigenvalue weighted by atomic mass is 10.2. The molecule has 26 heavy (non-hydrogen) atoms. The molecule has 1 atom stereocenters. The first-order valence-corrected chi connectivity index (χ1v) is 11.6. The molecule has 8 nitrogen and oxygen atoms in total. The van der Waals surface area contributed by atoms with E-state index in [9.17, 15) is 16.8 Å². The predicted molar refractivity (Wildman–Crippen MR) is 99.6 cm³/mol. The van der Waals surface area contributed by atoms with Gasteiger partial charge in [0.05, 0.1) is 25.4 Å². The van der Waals surface area contributed by atoms with Crippen molar-refractivity contribution in [1.29, 1.82) is 0 Å². The number of rotatable bonds is 5. The van der Waals surface area contributed by atoms with E-state index in [2.05, 4.69) is 5.32 Å². The molecular weight excluding hydrogens is 398 g/mol. The van der Waals surface area contributed by atoms with E-state index in [0.717, 1.165) is 17.4 Å². The number of fused-ring (bicyclic) bond motifs is 1. The zero-order valence-corrected chi connectivity index (χ0v) is 16.6. The lowest BCUT2D eigenvalue weighted by Gasteiger charge is -2.33. The summed E-state index contributed by atoms with van der Waals surface area (Å²) in [6, 6.07) is 7.51. The normalized spacial score (nSPS) is 19.2. The second kappa shape index (κ2) is 6.82. The molecule has 0 aliphatic carbocycles. The van der Waals surface area contributed by atoms with Gasteiger partial charge in [0.15, 0.2) is 0 Å². The van der Waals surface area contributed by atoms with Crippen molar-refractivity contribution in [1.82, 2.24) is 5.32 Å². The summed E-state index contributed by atoms with van der Waals surface area (Å²) >= 11 is 0.892. The Labute approximate surface area is 156 Å². The molecule has 0 bridgehead atoms. The van der Waals surface area contributed by atoms with Gasteiger partial charge < -0.3 is 10.1 Å². The molecule has 1 aliphatic rings. The highest BCUT2D eigenvalue weighted by molar-refractivity contribution is 7.93. The first-order valence-electron chi connectivity index (χ1n) is 7.75. The van der Waals surface area contributed by atoms with Crippen LogP contribution in [0.25, 0.3) is 0 Å². The van der Waals surface area contributed by atoms with E-state index in [-0.39, 0.29) is 21.7 Å². The van der Waals surface area contributed by atoms with Crippen LogP contribution in [-0.4, -0.2) is 37.0 Å². The van der Waals surface area contributed by atoms with E-state index in [1.54, 1.807) is 24.3 Å². The fourth-order valence-electron chi connectivity index (χ4n) is 2.83. The Morgan fingerprint density at radius 2 is 2.12 bits per heavy atom. The number of hydrogen-bond acceptors (Lipinski definition) is 7. The van der Waals surface area contributed by atoms with Gasteiger partial charge in [-0.3, -0.25) is 4.31 Å². The molecule has 0 unspecified atom stereocenters. The van der Waals surface area contributed by atoms with E-state index in [0.29, 0.717) is 22.9 Å². The third kappa shape index (κ3) is 3.32. The molecule has 1 aromatic heterocycles. The van der Waals surface area contributed by atoms with Crippen molar-refractivity contribution in [3.63, 3.8) is 0 Å². The van der Waals surface area contributed by atoms with Crippen LogP contribution >= 0.6 is 11.3 Å². The SMILES string of the molecule is CCN[C@@H]1CN(c2cccc(OC)c2)S(=O)(=O)c2cc(S(N)(=O)=O)sc21. The summed E-state index contributed by atoms with van der Waals surface area (Å²) in [7, 11) is -6.41. The number of nitrogens with two attached hydrogens (primary N) is 1. The molecule has 0 saturated heterocycles. The first-order chi connectivity index (χ1) is 12.2. The van der Waals surface area contributed by atoms with Gasteiger partial charge >= 0.3 is 0 Å². The van der Waals surface area contributed by atoms with Crippen LogP contribution in [0.5, 0.6) is 5.75 Å². The molecule has 0 fully saturated rings. The van der Waals surface area contributed by atoms with Crippen LogP contribution < -0.4 is 19.5 Å². The van der Waals surface area contributed by atoms with Crippen LogP contribution in [0.4, 0.5) is 5.69 Å². The van der Waals surface area contributed by atoms with Gasteiger partial charge in [-0.05, 0) is 24.7 Å². The standard InChI is InChI=1S/C15H19N3O5S3/c1-3-17-12-9-18(10-5-4-6-11(7-10)23-2)26(21,22)13-8-14(24-15(12)13)25(16,19)20/h4-8,12,17H,3,9H2,1-2H3,(H2,16,19,20)/t12-/m1/s1. The van der Waals surface area contributed by atoms with Crippen molar-refractivity contribution in [3.8, 4) is 5.75 Å². The van der Waals surface area contributed by atoms with E-state index >= 15 is 0 Å². The molecule has 0 saturated carbocycles. The molecule has 142 valence electrons. The fraction of sp³-hybridized carbons (Fsp3) is 0.333. The summed E-state index contributed by atoms with van der Waals surface area (Å²) in [5.41, 5.74) is 0.446. The molecule has 3 rings (SSSR count). The van der Waals surface area contributed by atoms with Crippen LogP contribution in [0, 0.1) is 0 Å². The van der Waals surface area contributed by atoms with E-state index < -0.39 is 20.0 Å². The Hall–Kier alpha value is -1.66. The van der Waals surface area contributed by atoms with E-state index in [1.165, 1.54) is 11.4 Å². The molecule has 0 amide bonds. The minimum Gasteiger partial charge on any atom is -0.497 e. The Morgan fingerprint density at radius 3 is 2.73 bits per heavy atom. The van der Waals surface area contributed by atoms with Gasteiger partial charge in [-0.25, -0.2) is 22.0 Å². The van der Waals surface area contributed by atoms with Crippen molar-refractivity contribution in [2.45, 2.75) is 22.1 Å². The topological polar surface area (TPSA) is 119 Å². The Balaban J connectivity index is 2.17.